The zero-order chi connectivity index (χ0) is 19.5. The maximum Gasteiger partial charge on any atom is 0.246 e. The largest absolute Gasteiger partial charge is 0.345 e. The Balaban J connectivity index is 1.39. The van der Waals surface area contributed by atoms with Crippen LogP contribution in [0.4, 0.5) is 11.5 Å². The topological polar surface area (TPSA) is 67.2 Å². The van der Waals surface area contributed by atoms with Gasteiger partial charge in [0, 0.05) is 37.1 Å². The highest BCUT2D eigenvalue weighted by atomic mass is 32.1. The molecule has 1 aliphatic heterocycles. The third-order valence-corrected chi connectivity index (χ3v) is 7.46. The Kier molecular flexibility index (Phi) is 3.91. The number of hydrogen-bond acceptors (Lipinski definition) is 6. The summed E-state index contributed by atoms with van der Waals surface area (Å²) in [5.41, 5.74) is 2.31. The Morgan fingerprint density at radius 1 is 1.14 bits per heavy atom. The van der Waals surface area contributed by atoms with Crippen LogP contribution in [0.15, 0.2) is 12.4 Å². The summed E-state index contributed by atoms with van der Waals surface area (Å²) in [7, 11) is 1.88. The molecule has 4 heterocycles. The second-order valence-electron chi connectivity index (χ2n) is 8.41. The van der Waals surface area contributed by atoms with Crippen molar-refractivity contribution in [2.45, 2.75) is 44.4 Å². The van der Waals surface area contributed by atoms with Crippen molar-refractivity contribution < 1.29 is 4.79 Å². The summed E-state index contributed by atoms with van der Waals surface area (Å²) in [6.07, 6.45) is 10.8. The van der Waals surface area contributed by atoms with Gasteiger partial charge in [-0.1, -0.05) is 0 Å². The normalized spacial score (nSPS) is 19.8. The summed E-state index contributed by atoms with van der Waals surface area (Å²) in [6, 6.07) is 0. The van der Waals surface area contributed by atoms with Gasteiger partial charge in [0.05, 0.1) is 23.8 Å². The van der Waals surface area contributed by atoms with Crippen molar-refractivity contribution in [3.8, 4) is 0 Å². The first kappa shape index (κ1) is 17.4. The van der Waals surface area contributed by atoms with Crippen molar-refractivity contribution in [1.82, 2.24) is 19.7 Å². The average molecular weight is 409 g/mol. The first-order chi connectivity index (χ1) is 14.2. The minimum Gasteiger partial charge on any atom is -0.345 e. The molecule has 2 aliphatic carbocycles. The summed E-state index contributed by atoms with van der Waals surface area (Å²) in [5, 5.41) is 5.43. The highest BCUT2D eigenvalue weighted by Gasteiger charge is 2.33. The first-order valence-electron chi connectivity index (χ1n) is 10.5. The molecule has 8 heteroatoms. The van der Waals surface area contributed by atoms with Crippen molar-refractivity contribution in [2.75, 3.05) is 29.4 Å². The number of amides is 1. The van der Waals surface area contributed by atoms with Crippen LogP contribution in [0.5, 0.6) is 0 Å². The smallest absolute Gasteiger partial charge is 0.246 e. The van der Waals surface area contributed by atoms with Gasteiger partial charge in [0.1, 0.15) is 16.5 Å². The number of fused-ring (bicyclic) bond motifs is 3. The van der Waals surface area contributed by atoms with Crippen LogP contribution in [0.25, 0.3) is 10.2 Å². The number of carbonyl (C=O) groups is 1. The van der Waals surface area contributed by atoms with E-state index in [1.807, 2.05) is 29.5 Å². The highest BCUT2D eigenvalue weighted by molar-refractivity contribution is 7.19. The number of carbonyl (C=O) groups excluding carboxylic acids is 1. The van der Waals surface area contributed by atoms with Crippen molar-refractivity contribution in [1.29, 1.82) is 0 Å². The Morgan fingerprint density at radius 3 is 2.76 bits per heavy atom. The van der Waals surface area contributed by atoms with Gasteiger partial charge in [-0.15, -0.1) is 11.3 Å². The summed E-state index contributed by atoms with van der Waals surface area (Å²) < 4.78 is 1.74. The number of thiophene rings is 1. The number of piperazine rings is 1. The number of rotatable bonds is 3. The monoisotopic (exact) mass is 408 g/mol. The molecule has 0 spiro atoms. The third kappa shape index (κ3) is 2.92. The highest BCUT2D eigenvalue weighted by Crippen LogP contribution is 2.44. The molecule has 0 radical (unpaired) electrons. The average Bonchev–Trinajstić information content (AvgIpc) is 3.39. The van der Waals surface area contributed by atoms with Gasteiger partial charge in [0.2, 0.25) is 5.91 Å². The van der Waals surface area contributed by atoms with E-state index in [-0.39, 0.29) is 5.91 Å². The second-order valence-corrected chi connectivity index (χ2v) is 9.49. The van der Waals surface area contributed by atoms with Crippen LogP contribution in [0.2, 0.25) is 0 Å². The van der Waals surface area contributed by atoms with Crippen LogP contribution in [-0.4, -0.2) is 45.3 Å². The molecule has 1 saturated heterocycles. The molecule has 150 valence electrons. The van der Waals surface area contributed by atoms with Crippen LogP contribution >= 0.6 is 11.3 Å². The van der Waals surface area contributed by atoms with E-state index < -0.39 is 0 Å². The number of aromatic nitrogens is 4. The van der Waals surface area contributed by atoms with Gasteiger partial charge in [0.15, 0.2) is 0 Å². The lowest BCUT2D eigenvalue weighted by molar-refractivity contribution is -0.117. The Hall–Kier alpha value is -2.48. The lowest BCUT2D eigenvalue weighted by Gasteiger charge is -2.34. The molecular weight excluding hydrogens is 384 g/mol. The molecule has 3 aromatic heterocycles. The van der Waals surface area contributed by atoms with Gasteiger partial charge in [-0.3, -0.25) is 9.48 Å². The summed E-state index contributed by atoms with van der Waals surface area (Å²) in [4.78, 5) is 29.6. The maximum atomic E-state index is 13.0. The zero-order valence-corrected chi connectivity index (χ0v) is 17.4. The van der Waals surface area contributed by atoms with Crippen LogP contribution in [0.3, 0.4) is 0 Å². The molecule has 3 aliphatic rings. The molecule has 7 nitrogen and oxygen atoms in total. The van der Waals surface area contributed by atoms with Crippen molar-refractivity contribution >= 4 is 39.0 Å². The molecule has 6 rings (SSSR count). The van der Waals surface area contributed by atoms with Crippen LogP contribution in [-0.2, 0) is 24.7 Å². The number of nitrogens with zero attached hydrogens (tertiary/aromatic N) is 6. The fourth-order valence-corrected chi connectivity index (χ4v) is 5.84. The molecule has 2 fully saturated rings. The fourth-order valence-electron chi connectivity index (χ4n) is 4.58. The predicted molar refractivity (Wildman–Crippen MR) is 114 cm³/mol. The molecule has 1 amide bonds. The van der Waals surface area contributed by atoms with Crippen molar-refractivity contribution in [2.24, 2.45) is 7.05 Å². The van der Waals surface area contributed by atoms with Gasteiger partial charge >= 0.3 is 0 Å². The fraction of sp³-hybridized carbons (Fsp3) is 0.524. The van der Waals surface area contributed by atoms with E-state index in [4.69, 9.17) is 9.97 Å². The quantitative estimate of drug-likeness (QED) is 0.666. The van der Waals surface area contributed by atoms with Crippen LogP contribution < -0.4 is 9.80 Å². The molecule has 29 heavy (non-hydrogen) atoms. The standard InChI is InChI=1S/C21H24N6OS/c1-25-11-14(10-22-25)27-9-8-26(12-17(27)28)20-18-15-4-2-3-5-16(15)29-21(18)24-19(23-20)13-6-7-13/h10-11,13H,2-9,12H2,1H3. The van der Waals surface area contributed by atoms with E-state index in [0.29, 0.717) is 19.0 Å². The van der Waals surface area contributed by atoms with Gasteiger partial charge in [-0.2, -0.15) is 5.10 Å². The van der Waals surface area contributed by atoms with Crippen molar-refractivity contribution in [3.05, 3.63) is 28.7 Å². The summed E-state index contributed by atoms with van der Waals surface area (Å²) in [6.45, 7) is 1.79. The number of anilines is 2. The number of hydrogen-bond donors (Lipinski definition) is 0. The molecule has 0 bridgehead atoms. The van der Waals surface area contributed by atoms with Crippen LogP contribution in [0.1, 0.15) is 47.9 Å². The molecule has 0 aromatic carbocycles. The van der Waals surface area contributed by atoms with Gasteiger partial charge in [0.25, 0.3) is 0 Å². The predicted octanol–water partition coefficient (Wildman–Crippen LogP) is 3.03. The Bertz CT molecular complexity index is 1110. The molecule has 0 unspecified atom stereocenters. The third-order valence-electron chi connectivity index (χ3n) is 6.28. The van der Waals surface area contributed by atoms with Crippen LogP contribution in [0, 0.1) is 0 Å². The van der Waals surface area contributed by atoms with Crippen molar-refractivity contribution in [3.63, 3.8) is 0 Å². The minimum atomic E-state index is 0.105. The Labute approximate surface area is 173 Å². The molecule has 0 N–H and O–H groups in total. The lowest BCUT2D eigenvalue weighted by Crippen LogP contribution is -2.51. The molecule has 3 aromatic rings. The SMILES string of the molecule is Cn1cc(N2CCN(c3nc(C4CC4)nc4sc5c(c34)CCCC5)CC2=O)cn1. The maximum absolute atomic E-state index is 13.0. The van der Waals surface area contributed by atoms with E-state index in [0.717, 1.165) is 41.5 Å². The summed E-state index contributed by atoms with van der Waals surface area (Å²) in [5.74, 6) is 2.58. The van der Waals surface area contributed by atoms with E-state index in [1.165, 1.54) is 41.5 Å². The zero-order valence-electron chi connectivity index (χ0n) is 16.6. The molecular formula is C21H24N6OS. The number of aryl methyl sites for hydroxylation is 3. The van der Waals surface area contributed by atoms with Gasteiger partial charge < -0.3 is 9.80 Å². The lowest BCUT2D eigenvalue weighted by atomic mass is 9.97. The summed E-state index contributed by atoms with van der Waals surface area (Å²) >= 11 is 1.85. The Morgan fingerprint density at radius 2 is 2.00 bits per heavy atom. The van der Waals surface area contributed by atoms with E-state index in [2.05, 4.69) is 10.00 Å². The van der Waals surface area contributed by atoms with E-state index in [9.17, 15) is 4.79 Å². The minimum absolute atomic E-state index is 0.105. The van der Waals surface area contributed by atoms with E-state index in [1.54, 1.807) is 10.9 Å². The van der Waals surface area contributed by atoms with Gasteiger partial charge in [-0.05, 0) is 44.1 Å². The molecule has 0 atom stereocenters. The second kappa shape index (κ2) is 6.52. The molecule has 1 saturated carbocycles. The first-order valence-corrected chi connectivity index (χ1v) is 11.3. The van der Waals surface area contributed by atoms with Gasteiger partial charge in [-0.25, -0.2) is 9.97 Å². The van der Waals surface area contributed by atoms with E-state index >= 15 is 0 Å².